The number of imide groups is 1. The van der Waals surface area contributed by atoms with Crippen LogP contribution < -0.4 is 5.32 Å². The van der Waals surface area contributed by atoms with E-state index in [4.69, 9.17) is 4.74 Å². The maximum absolute atomic E-state index is 12.9. The summed E-state index contributed by atoms with van der Waals surface area (Å²) in [4.78, 5) is 52.8. The summed E-state index contributed by atoms with van der Waals surface area (Å²) in [5.41, 5.74) is -0.893. The third-order valence-corrected chi connectivity index (χ3v) is 7.79. The fourth-order valence-corrected chi connectivity index (χ4v) is 5.87. The van der Waals surface area contributed by atoms with Crippen LogP contribution in [0.4, 0.5) is 4.79 Å². The van der Waals surface area contributed by atoms with E-state index in [2.05, 4.69) is 5.32 Å². The van der Waals surface area contributed by atoms with Gasteiger partial charge in [-0.2, -0.15) is 0 Å². The Bertz CT molecular complexity index is 726. The summed E-state index contributed by atoms with van der Waals surface area (Å²) >= 11 is 0. The van der Waals surface area contributed by atoms with Crippen molar-refractivity contribution in [2.75, 3.05) is 26.2 Å². The van der Waals surface area contributed by atoms with Crippen LogP contribution in [0.1, 0.15) is 64.7 Å². The van der Waals surface area contributed by atoms with E-state index < -0.39 is 24.1 Å². The molecule has 0 aromatic rings. The van der Waals surface area contributed by atoms with Crippen LogP contribution in [0, 0.1) is 17.8 Å². The molecular weight excluding hydrogens is 386 g/mol. The molecule has 4 rings (SSSR count). The molecule has 0 aromatic heterocycles. The summed E-state index contributed by atoms with van der Waals surface area (Å²) in [5, 5.41) is 2.82. The maximum Gasteiger partial charge on any atom is 0.326 e. The smallest absolute Gasteiger partial charge is 0.326 e. The van der Waals surface area contributed by atoms with E-state index >= 15 is 0 Å². The van der Waals surface area contributed by atoms with Gasteiger partial charge in [-0.1, -0.05) is 39.0 Å². The Labute approximate surface area is 177 Å². The second-order valence-electron chi connectivity index (χ2n) is 9.53. The average Bonchev–Trinajstić information content (AvgIpc) is 2.98. The van der Waals surface area contributed by atoms with Crippen molar-refractivity contribution in [2.45, 2.75) is 70.3 Å². The van der Waals surface area contributed by atoms with Crippen molar-refractivity contribution in [3.8, 4) is 0 Å². The molecule has 8 heteroatoms. The number of carbonyl (C=O) groups is 4. The van der Waals surface area contributed by atoms with Crippen molar-refractivity contribution in [2.24, 2.45) is 17.8 Å². The first kappa shape index (κ1) is 21.1. The van der Waals surface area contributed by atoms with E-state index in [1.165, 1.54) is 25.7 Å². The van der Waals surface area contributed by atoms with Crippen LogP contribution in [-0.2, 0) is 19.1 Å². The van der Waals surface area contributed by atoms with Gasteiger partial charge in [0.2, 0.25) is 0 Å². The topological polar surface area (TPSA) is 96.0 Å². The van der Waals surface area contributed by atoms with Gasteiger partial charge in [0.1, 0.15) is 12.1 Å². The van der Waals surface area contributed by atoms with Crippen molar-refractivity contribution in [3.05, 3.63) is 0 Å². The van der Waals surface area contributed by atoms with Crippen LogP contribution in [-0.4, -0.2) is 65.4 Å². The number of rotatable bonds is 4. The summed E-state index contributed by atoms with van der Waals surface area (Å²) in [5.74, 6) is 0.0588. The molecule has 1 N–H and O–H groups in total. The first-order valence-electron chi connectivity index (χ1n) is 11.5. The minimum atomic E-state index is -0.893. The Hall–Kier alpha value is -2.12. The number of amides is 4. The molecule has 30 heavy (non-hydrogen) atoms. The van der Waals surface area contributed by atoms with Gasteiger partial charge in [0.05, 0.1) is 0 Å². The number of fused-ring (bicyclic) bond motifs is 1. The van der Waals surface area contributed by atoms with Gasteiger partial charge >= 0.3 is 12.0 Å². The van der Waals surface area contributed by atoms with Gasteiger partial charge in [-0.05, 0) is 43.4 Å². The lowest BCUT2D eigenvalue weighted by Gasteiger charge is -2.41. The van der Waals surface area contributed by atoms with Gasteiger partial charge in [0.25, 0.3) is 11.8 Å². The summed E-state index contributed by atoms with van der Waals surface area (Å²) in [6.07, 6.45) is 9.34. The molecule has 4 atom stereocenters. The molecule has 0 radical (unpaired) electrons. The van der Waals surface area contributed by atoms with Gasteiger partial charge in [0.15, 0.2) is 6.61 Å². The lowest BCUT2D eigenvalue weighted by molar-refractivity contribution is -0.155. The van der Waals surface area contributed by atoms with Crippen LogP contribution in [0.5, 0.6) is 0 Å². The van der Waals surface area contributed by atoms with Crippen LogP contribution in [0.15, 0.2) is 0 Å². The minimum absolute atomic E-state index is 0.0352. The number of hydrogen-bond acceptors (Lipinski definition) is 5. The summed E-state index contributed by atoms with van der Waals surface area (Å²) in [6, 6.07) is -0.545. The molecule has 1 spiro atoms. The predicted molar refractivity (Wildman–Crippen MR) is 108 cm³/mol. The summed E-state index contributed by atoms with van der Waals surface area (Å²) < 4.78 is 5.15. The van der Waals surface area contributed by atoms with E-state index in [1.807, 2.05) is 6.92 Å². The van der Waals surface area contributed by atoms with E-state index in [0.717, 1.165) is 43.0 Å². The van der Waals surface area contributed by atoms with Crippen LogP contribution in [0.3, 0.4) is 0 Å². The van der Waals surface area contributed by atoms with Gasteiger partial charge < -0.3 is 15.0 Å². The lowest BCUT2D eigenvalue weighted by Crippen LogP contribution is -2.54. The molecule has 4 amide bonds. The number of urea groups is 1. The minimum Gasteiger partial charge on any atom is -0.454 e. The van der Waals surface area contributed by atoms with Crippen molar-refractivity contribution < 1.29 is 23.9 Å². The van der Waals surface area contributed by atoms with Crippen molar-refractivity contribution in [1.82, 2.24) is 15.1 Å². The van der Waals surface area contributed by atoms with E-state index in [-0.39, 0.29) is 24.3 Å². The monoisotopic (exact) mass is 419 g/mol. The highest BCUT2D eigenvalue weighted by molar-refractivity contribution is 6.09. The molecule has 0 bridgehead atoms. The van der Waals surface area contributed by atoms with E-state index in [9.17, 15) is 19.2 Å². The van der Waals surface area contributed by atoms with Gasteiger partial charge in [-0.3, -0.25) is 19.3 Å². The average molecular weight is 420 g/mol. The van der Waals surface area contributed by atoms with Gasteiger partial charge in [-0.25, -0.2) is 4.79 Å². The lowest BCUT2D eigenvalue weighted by atomic mass is 9.73. The molecule has 2 aliphatic carbocycles. The Morgan fingerprint density at radius 3 is 2.57 bits per heavy atom. The first-order valence-corrected chi connectivity index (χ1v) is 11.5. The predicted octanol–water partition coefficient (Wildman–Crippen LogP) is 2.07. The third kappa shape index (κ3) is 3.93. The zero-order valence-electron chi connectivity index (χ0n) is 17.9. The number of likely N-dealkylation sites (tertiary alicyclic amines) is 1. The molecule has 4 fully saturated rings. The number of nitrogens with zero attached hydrogens (tertiary/aromatic N) is 2. The quantitative estimate of drug-likeness (QED) is 0.556. The molecular formula is C22H33N3O5. The van der Waals surface area contributed by atoms with Crippen molar-refractivity contribution in [3.63, 3.8) is 0 Å². The Morgan fingerprint density at radius 2 is 1.80 bits per heavy atom. The molecule has 0 unspecified atom stereocenters. The number of piperidine rings is 1. The first-order chi connectivity index (χ1) is 14.4. The Balaban J connectivity index is 1.27. The fraction of sp³-hybridized carbons (Fsp3) is 0.818. The highest BCUT2D eigenvalue weighted by Crippen LogP contribution is 2.38. The van der Waals surface area contributed by atoms with E-state index in [0.29, 0.717) is 18.9 Å². The second kappa shape index (κ2) is 8.55. The van der Waals surface area contributed by atoms with E-state index in [1.54, 1.807) is 4.90 Å². The molecule has 4 aliphatic rings. The van der Waals surface area contributed by atoms with Gasteiger partial charge in [-0.15, -0.1) is 0 Å². The molecule has 2 saturated carbocycles. The molecule has 8 nitrogen and oxygen atoms in total. The number of carbonyl (C=O) groups excluding carboxylic acids is 4. The molecule has 2 heterocycles. The molecule has 2 aliphatic heterocycles. The Kier molecular flexibility index (Phi) is 6.02. The molecule has 166 valence electrons. The number of esters is 1. The highest BCUT2D eigenvalue weighted by Gasteiger charge is 2.55. The second-order valence-corrected chi connectivity index (χ2v) is 9.53. The number of hydrogen-bond donors (Lipinski definition) is 1. The molecule has 0 aromatic carbocycles. The van der Waals surface area contributed by atoms with Gasteiger partial charge in [0, 0.05) is 13.1 Å². The largest absolute Gasteiger partial charge is 0.454 e. The maximum atomic E-state index is 12.9. The van der Waals surface area contributed by atoms with Crippen LogP contribution >= 0.6 is 0 Å². The Morgan fingerprint density at radius 1 is 1.07 bits per heavy atom. The van der Waals surface area contributed by atoms with Crippen molar-refractivity contribution in [1.29, 1.82) is 0 Å². The summed E-state index contributed by atoms with van der Waals surface area (Å²) in [7, 11) is 0. The number of ether oxygens (including phenoxy) is 1. The zero-order valence-corrected chi connectivity index (χ0v) is 17.9. The zero-order chi connectivity index (χ0) is 21.3. The summed E-state index contributed by atoms with van der Waals surface area (Å²) in [6.45, 7) is 2.64. The third-order valence-electron chi connectivity index (χ3n) is 7.79. The fourth-order valence-electron chi connectivity index (χ4n) is 5.87. The number of nitrogens with one attached hydrogen (secondary N) is 1. The van der Waals surface area contributed by atoms with Crippen molar-refractivity contribution >= 4 is 23.8 Å². The van der Waals surface area contributed by atoms with Crippen LogP contribution in [0.2, 0.25) is 0 Å². The van der Waals surface area contributed by atoms with Crippen LogP contribution in [0.25, 0.3) is 0 Å². The SMILES string of the molecule is C[C@@H]1CCCC[C@]12NC(=O)N(CC(=O)OCC(=O)N1CC[C@@H]3CCCC[C@@H]3C1)C2=O. The molecule has 2 saturated heterocycles. The highest BCUT2D eigenvalue weighted by atomic mass is 16.5. The normalized spacial score (nSPS) is 34.0. The standard InChI is InChI=1S/C22H33N3O5/c1-15-6-4-5-10-22(15)20(28)25(21(29)23-22)13-19(27)30-14-18(26)24-11-9-16-7-2-3-8-17(16)12-24/h15-17H,2-14H2,1H3,(H,23,29)/t15-,16+,17-,22+/m1/s1.